The van der Waals surface area contributed by atoms with Crippen LogP contribution < -0.4 is 0 Å². The second-order valence-corrected chi connectivity index (χ2v) is 7.31. The average Bonchev–Trinajstić information content (AvgIpc) is 2.68. The van der Waals surface area contributed by atoms with Gasteiger partial charge in [0.25, 0.3) is 0 Å². The van der Waals surface area contributed by atoms with Crippen molar-refractivity contribution in [2.24, 2.45) is 0 Å². The lowest BCUT2D eigenvalue weighted by atomic mass is 9.72. The fourth-order valence-corrected chi connectivity index (χ4v) is 4.19. The van der Waals surface area contributed by atoms with E-state index in [4.69, 9.17) is 4.74 Å². The molecular formula is C22H25NO2. The van der Waals surface area contributed by atoms with Gasteiger partial charge in [-0.3, -0.25) is 4.79 Å². The van der Waals surface area contributed by atoms with Crippen molar-refractivity contribution >= 4 is 5.91 Å². The topological polar surface area (TPSA) is 29.5 Å². The third kappa shape index (κ3) is 2.98. The highest BCUT2D eigenvalue weighted by molar-refractivity contribution is 5.88. The van der Waals surface area contributed by atoms with Crippen LogP contribution in [-0.4, -0.2) is 30.6 Å². The van der Waals surface area contributed by atoms with Crippen molar-refractivity contribution < 1.29 is 9.53 Å². The van der Waals surface area contributed by atoms with Crippen LogP contribution in [-0.2, 0) is 27.9 Å². The SMILES string of the molecule is Cc1ccc(C2(C(=O)N3CCc4ccccc4C3)CCOCC2)cc1. The Balaban J connectivity index is 1.66. The zero-order chi connectivity index (χ0) is 17.3. The number of nitrogens with zero attached hydrogens (tertiary/aromatic N) is 1. The maximum Gasteiger partial charge on any atom is 0.233 e. The first-order chi connectivity index (χ1) is 12.2. The summed E-state index contributed by atoms with van der Waals surface area (Å²) in [5, 5.41) is 0. The molecule has 4 rings (SSSR count). The molecule has 3 heteroatoms. The maximum absolute atomic E-state index is 13.6. The van der Waals surface area contributed by atoms with Crippen LogP contribution >= 0.6 is 0 Å². The van der Waals surface area contributed by atoms with Crippen molar-refractivity contribution in [3.8, 4) is 0 Å². The van der Waals surface area contributed by atoms with Crippen LogP contribution in [0.25, 0.3) is 0 Å². The highest BCUT2D eigenvalue weighted by atomic mass is 16.5. The highest BCUT2D eigenvalue weighted by Crippen LogP contribution is 2.38. The van der Waals surface area contributed by atoms with Crippen LogP contribution in [0.1, 0.15) is 35.1 Å². The van der Waals surface area contributed by atoms with E-state index in [1.54, 1.807) is 0 Å². The molecule has 0 unspecified atom stereocenters. The number of hydrogen-bond acceptors (Lipinski definition) is 2. The molecule has 2 aromatic rings. The second-order valence-electron chi connectivity index (χ2n) is 7.31. The smallest absolute Gasteiger partial charge is 0.233 e. The number of fused-ring (bicyclic) bond motifs is 1. The lowest BCUT2D eigenvalue weighted by molar-refractivity contribution is -0.142. The summed E-state index contributed by atoms with van der Waals surface area (Å²) in [6.45, 7) is 4.94. The van der Waals surface area contributed by atoms with Gasteiger partial charge in [-0.05, 0) is 42.9 Å². The van der Waals surface area contributed by atoms with E-state index in [1.165, 1.54) is 16.7 Å². The number of aryl methyl sites for hydroxylation is 1. The molecule has 0 bridgehead atoms. The second kappa shape index (κ2) is 6.64. The number of hydrogen-bond donors (Lipinski definition) is 0. The zero-order valence-electron chi connectivity index (χ0n) is 14.8. The van der Waals surface area contributed by atoms with Crippen molar-refractivity contribution in [1.82, 2.24) is 4.90 Å². The summed E-state index contributed by atoms with van der Waals surface area (Å²) in [5.74, 6) is 0.272. The van der Waals surface area contributed by atoms with Gasteiger partial charge in [0.15, 0.2) is 0 Å². The normalized spacial score (nSPS) is 19.3. The Morgan fingerprint density at radius 2 is 1.68 bits per heavy atom. The first-order valence-corrected chi connectivity index (χ1v) is 9.20. The van der Waals surface area contributed by atoms with Gasteiger partial charge in [-0.2, -0.15) is 0 Å². The fraction of sp³-hybridized carbons (Fsp3) is 0.409. The van der Waals surface area contributed by atoms with Crippen molar-refractivity contribution in [1.29, 1.82) is 0 Å². The first-order valence-electron chi connectivity index (χ1n) is 9.20. The Kier molecular flexibility index (Phi) is 4.34. The third-order valence-corrected chi connectivity index (χ3v) is 5.78. The van der Waals surface area contributed by atoms with Gasteiger partial charge in [0.2, 0.25) is 5.91 Å². The molecule has 1 saturated heterocycles. The average molecular weight is 335 g/mol. The van der Waals surface area contributed by atoms with Gasteiger partial charge in [0.05, 0.1) is 5.41 Å². The number of carbonyl (C=O) groups is 1. The summed E-state index contributed by atoms with van der Waals surface area (Å²) in [6, 6.07) is 17.0. The third-order valence-electron chi connectivity index (χ3n) is 5.78. The molecule has 0 spiro atoms. The lowest BCUT2D eigenvalue weighted by Crippen LogP contribution is -2.51. The lowest BCUT2D eigenvalue weighted by Gasteiger charge is -2.41. The van der Waals surface area contributed by atoms with Crippen LogP contribution in [0.3, 0.4) is 0 Å². The fourth-order valence-electron chi connectivity index (χ4n) is 4.19. The number of amides is 1. The van der Waals surface area contributed by atoms with E-state index in [2.05, 4.69) is 60.4 Å². The molecule has 0 saturated carbocycles. The minimum atomic E-state index is -0.432. The Bertz CT molecular complexity index is 760. The van der Waals surface area contributed by atoms with Crippen molar-refractivity contribution in [2.45, 2.75) is 38.1 Å². The number of carbonyl (C=O) groups excluding carboxylic acids is 1. The predicted octanol–water partition coefficient (Wildman–Crippen LogP) is 3.63. The number of rotatable bonds is 2. The predicted molar refractivity (Wildman–Crippen MR) is 98.5 cm³/mol. The molecule has 2 heterocycles. The van der Waals surface area contributed by atoms with Gasteiger partial charge in [-0.25, -0.2) is 0 Å². The molecule has 1 fully saturated rings. The number of benzene rings is 2. The molecule has 0 atom stereocenters. The van der Waals surface area contributed by atoms with E-state index in [1.807, 2.05) is 0 Å². The molecule has 0 aliphatic carbocycles. The van der Waals surface area contributed by atoms with E-state index in [0.29, 0.717) is 13.2 Å². The molecule has 2 aromatic carbocycles. The molecule has 3 nitrogen and oxygen atoms in total. The van der Waals surface area contributed by atoms with Gasteiger partial charge in [-0.1, -0.05) is 54.1 Å². The van der Waals surface area contributed by atoms with E-state index in [9.17, 15) is 4.79 Å². The summed E-state index contributed by atoms with van der Waals surface area (Å²) in [4.78, 5) is 15.7. The van der Waals surface area contributed by atoms with Gasteiger partial charge < -0.3 is 9.64 Å². The van der Waals surface area contributed by atoms with Gasteiger partial charge in [0, 0.05) is 26.3 Å². The molecule has 0 radical (unpaired) electrons. The molecule has 2 aliphatic rings. The van der Waals surface area contributed by atoms with Crippen LogP contribution in [0.15, 0.2) is 48.5 Å². The first kappa shape index (κ1) is 16.3. The molecule has 2 aliphatic heterocycles. The monoisotopic (exact) mass is 335 g/mol. The molecule has 0 N–H and O–H groups in total. The Labute approximate surface area is 149 Å². The Morgan fingerprint density at radius 3 is 2.40 bits per heavy atom. The molecular weight excluding hydrogens is 310 g/mol. The summed E-state index contributed by atoms with van der Waals surface area (Å²) in [6.07, 6.45) is 2.49. The van der Waals surface area contributed by atoms with E-state index < -0.39 is 5.41 Å². The summed E-state index contributed by atoms with van der Waals surface area (Å²) in [7, 11) is 0. The van der Waals surface area contributed by atoms with Crippen molar-refractivity contribution in [2.75, 3.05) is 19.8 Å². The van der Waals surface area contributed by atoms with E-state index >= 15 is 0 Å². The van der Waals surface area contributed by atoms with Crippen LogP contribution in [0.2, 0.25) is 0 Å². The van der Waals surface area contributed by atoms with Crippen LogP contribution in [0.5, 0.6) is 0 Å². The molecule has 25 heavy (non-hydrogen) atoms. The minimum Gasteiger partial charge on any atom is -0.381 e. The highest BCUT2D eigenvalue weighted by Gasteiger charge is 2.44. The summed E-state index contributed by atoms with van der Waals surface area (Å²) >= 11 is 0. The van der Waals surface area contributed by atoms with E-state index in [0.717, 1.165) is 37.9 Å². The summed E-state index contributed by atoms with van der Waals surface area (Å²) < 4.78 is 5.59. The van der Waals surface area contributed by atoms with Crippen molar-refractivity contribution in [3.63, 3.8) is 0 Å². The van der Waals surface area contributed by atoms with Crippen LogP contribution in [0.4, 0.5) is 0 Å². The zero-order valence-corrected chi connectivity index (χ0v) is 14.8. The summed E-state index contributed by atoms with van der Waals surface area (Å²) in [5.41, 5.74) is 4.60. The van der Waals surface area contributed by atoms with Gasteiger partial charge >= 0.3 is 0 Å². The molecule has 1 amide bonds. The maximum atomic E-state index is 13.6. The Hall–Kier alpha value is -2.13. The molecule has 130 valence electrons. The minimum absolute atomic E-state index is 0.272. The van der Waals surface area contributed by atoms with E-state index in [-0.39, 0.29) is 5.91 Å². The quantitative estimate of drug-likeness (QED) is 0.839. The Morgan fingerprint density at radius 1 is 1.00 bits per heavy atom. The van der Waals surface area contributed by atoms with Crippen LogP contribution in [0, 0.1) is 6.92 Å². The molecule has 0 aromatic heterocycles. The van der Waals surface area contributed by atoms with Gasteiger partial charge in [0.1, 0.15) is 0 Å². The standard InChI is InChI=1S/C22H25NO2/c1-17-6-8-20(9-7-17)22(11-14-25-15-12-22)21(24)23-13-10-18-4-2-3-5-19(18)16-23/h2-9H,10-16H2,1H3. The van der Waals surface area contributed by atoms with Crippen molar-refractivity contribution in [3.05, 3.63) is 70.8 Å². The largest absolute Gasteiger partial charge is 0.381 e. The van der Waals surface area contributed by atoms with Gasteiger partial charge in [-0.15, -0.1) is 0 Å². The number of ether oxygens (including phenoxy) is 1.